The number of nitrogens with one attached hydrogen (secondary N) is 1. The number of ether oxygens (including phenoxy) is 2. The fraction of sp³-hybridized carbons (Fsp3) is 0.258. The van der Waals surface area contributed by atoms with Crippen LogP contribution < -0.4 is 14.2 Å². The minimum atomic E-state index is -4.57. The monoisotopic (exact) mass is 614 g/mol. The van der Waals surface area contributed by atoms with Crippen molar-refractivity contribution in [1.82, 2.24) is 9.29 Å². The van der Waals surface area contributed by atoms with E-state index in [2.05, 4.69) is 16.6 Å². The molecule has 0 saturated heterocycles. The van der Waals surface area contributed by atoms with E-state index in [9.17, 15) is 31.5 Å². The largest absolute Gasteiger partial charge is 0.497 e. The van der Waals surface area contributed by atoms with Crippen LogP contribution in [0.5, 0.6) is 11.5 Å². The zero-order chi connectivity index (χ0) is 31.4. The van der Waals surface area contributed by atoms with Crippen molar-refractivity contribution in [2.75, 3.05) is 13.7 Å². The molecule has 1 unspecified atom stereocenters. The van der Waals surface area contributed by atoms with E-state index in [4.69, 9.17) is 9.47 Å². The number of rotatable bonds is 11. The van der Waals surface area contributed by atoms with Crippen molar-refractivity contribution in [3.05, 3.63) is 89.1 Å². The summed E-state index contributed by atoms with van der Waals surface area (Å²) in [5.41, 5.74) is 0.733. The van der Waals surface area contributed by atoms with Crippen molar-refractivity contribution in [2.45, 2.75) is 43.9 Å². The van der Waals surface area contributed by atoms with Crippen molar-refractivity contribution in [1.29, 1.82) is 0 Å². The highest BCUT2D eigenvalue weighted by atomic mass is 32.2. The average Bonchev–Trinajstić information content (AvgIpc) is 3.22. The number of sulfonamides is 1. The molecule has 0 aliphatic rings. The van der Waals surface area contributed by atoms with Gasteiger partial charge < -0.3 is 19.1 Å². The van der Waals surface area contributed by atoms with Crippen molar-refractivity contribution in [2.24, 2.45) is 0 Å². The maximum atomic E-state index is 13.8. The molecule has 1 atom stereocenters. The SMILES string of the molecule is CC#CCOc1ccc(S(=O)(=O)NC(Cc2c(C)n(Cc3ccccc3C(F)(F)F)c3ccc(OC)cc23)C(=O)O)cc1. The van der Waals surface area contributed by atoms with Crippen LogP contribution in [0, 0.1) is 18.8 Å². The number of carbonyl (C=O) groups is 1. The fourth-order valence-electron chi connectivity index (χ4n) is 4.77. The number of hydrogen-bond acceptors (Lipinski definition) is 5. The second-order valence-electron chi connectivity index (χ2n) is 9.59. The van der Waals surface area contributed by atoms with Crippen molar-refractivity contribution in [3.63, 3.8) is 0 Å². The second-order valence-corrected chi connectivity index (χ2v) is 11.3. The Morgan fingerprint density at radius 3 is 2.37 bits per heavy atom. The Morgan fingerprint density at radius 1 is 1.07 bits per heavy atom. The number of hydrogen-bond donors (Lipinski definition) is 2. The third-order valence-electron chi connectivity index (χ3n) is 6.94. The van der Waals surface area contributed by atoms with Crippen LogP contribution in [0.1, 0.15) is 29.3 Å². The molecule has 0 spiro atoms. The van der Waals surface area contributed by atoms with Crippen LogP contribution in [0.3, 0.4) is 0 Å². The zero-order valence-electron chi connectivity index (χ0n) is 23.5. The van der Waals surface area contributed by atoms with Gasteiger partial charge in [0.15, 0.2) is 0 Å². The predicted molar refractivity (Wildman–Crippen MR) is 155 cm³/mol. The molecule has 0 radical (unpaired) electrons. The van der Waals surface area contributed by atoms with E-state index in [0.717, 1.165) is 6.07 Å². The second kappa shape index (κ2) is 12.8. The number of methoxy groups -OCH3 is 1. The van der Waals surface area contributed by atoms with Gasteiger partial charge in [-0.1, -0.05) is 24.1 Å². The number of fused-ring (bicyclic) bond motifs is 1. The lowest BCUT2D eigenvalue weighted by molar-refractivity contribution is -0.139. The molecule has 0 aliphatic carbocycles. The van der Waals surface area contributed by atoms with Gasteiger partial charge in [0.25, 0.3) is 0 Å². The maximum absolute atomic E-state index is 13.8. The minimum absolute atomic E-state index is 0.0296. The van der Waals surface area contributed by atoms with Gasteiger partial charge in [-0.2, -0.15) is 17.9 Å². The molecule has 0 amide bonds. The number of alkyl halides is 3. The van der Waals surface area contributed by atoms with Gasteiger partial charge in [0.05, 0.1) is 17.6 Å². The summed E-state index contributed by atoms with van der Waals surface area (Å²) in [5.74, 6) is 4.81. The predicted octanol–water partition coefficient (Wildman–Crippen LogP) is 5.40. The summed E-state index contributed by atoms with van der Waals surface area (Å²) < 4.78 is 82.2. The molecule has 0 fully saturated rings. The average molecular weight is 615 g/mol. The maximum Gasteiger partial charge on any atom is 0.416 e. The van der Waals surface area contributed by atoms with Crippen molar-refractivity contribution in [3.8, 4) is 23.3 Å². The van der Waals surface area contributed by atoms with Gasteiger partial charge in [-0.05, 0) is 73.5 Å². The van der Waals surface area contributed by atoms with Crippen LogP contribution in [0.2, 0.25) is 0 Å². The first-order valence-corrected chi connectivity index (χ1v) is 14.5. The number of benzene rings is 3. The van der Waals surface area contributed by atoms with Crippen LogP contribution >= 0.6 is 0 Å². The normalized spacial score (nSPS) is 12.4. The van der Waals surface area contributed by atoms with Crippen LogP contribution in [0.4, 0.5) is 13.2 Å². The number of nitrogens with zero attached hydrogens (tertiary/aromatic N) is 1. The number of aromatic nitrogens is 1. The first-order chi connectivity index (χ1) is 20.4. The Kier molecular flexibility index (Phi) is 9.37. The summed E-state index contributed by atoms with van der Waals surface area (Å²) in [7, 11) is -2.83. The molecule has 4 rings (SSSR count). The van der Waals surface area contributed by atoms with Gasteiger partial charge in [-0.3, -0.25) is 4.79 Å². The molecule has 0 aliphatic heterocycles. The van der Waals surface area contributed by atoms with Crippen LogP contribution in [0.15, 0.2) is 71.6 Å². The standard InChI is InChI=1S/C31H29F3N2O6S/c1-4-5-16-42-22-10-13-24(14-11-22)43(39,40)35-28(30(37)38)18-25-20(2)36(29-15-12-23(41-3)17-26(25)29)19-21-8-6-7-9-27(21)31(32,33)34/h6-15,17,28,35H,16,18-19H2,1-3H3,(H,37,38). The van der Waals surface area contributed by atoms with Gasteiger partial charge in [0.2, 0.25) is 10.0 Å². The van der Waals surface area contributed by atoms with Gasteiger partial charge in [-0.15, -0.1) is 5.92 Å². The Hall–Kier alpha value is -4.47. The van der Waals surface area contributed by atoms with Gasteiger partial charge in [-0.25, -0.2) is 8.42 Å². The highest BCUT2D eigenvalue weighted by Gasteiger charge is 2.33. The first-order valence-electron chi connectivity index (χ1n) is 13.0. The molecule has 43 heavy (non-hydrogen) atoms. The molecular formula is C31H29F3N2O6S. The van der Waals surface area contributed by atoms with E-state index in [1.165, 1.54) is 49.6 Å². The minimum Gasteiger partial charge on any atom is -0.497 e. The number of carboxylic acid groups (broad SMARTS) is 1. The van der Waals surface area contributed by atoms with E-state index in [-0.39, 0.29) is 30.0 Å². The van der Waals surface area contributed by atoms with Crippen LogP contribution in [-0.2, 0) is 34.0 Å². The zero-order valence-corrected chi connectivity index (χ0v) is 24.3. The molecule has 1 aromatic heterocycles. The third kappa shape index (κ3) is 7.13. The van der Waals surface area contributed by atoms with Gasteiger partial charge in [0, 0.05) is 29.6 Å². The molecule has 8 nitrogen and oxygen atoms in total. The number of carboxylic acids is 1. The Labute approximate surface area is 247 Å². The van der Waals surface area contributed by atoms with Crippen molar-refractivity contribution < 1.29 is 41.0 Å². The highest BCUT2D eigenvalue weighted by Crippen LogP contribution is 2.35. The van der Waals surface area contributed by atoms with E-state index < -0.39 is 33.8 Å². The van der Waals surface area contributed by atoms with E-state index in [1.807, 2.05) is 0 Å². The Morgan fingerprint density at radius 2 is 1.74 bits per heavy atom. The Balaban J connectivity index is 1.70. The number of halogens is 3. The molecule has 0 saturated carbocycles. The first kappa shape index (κ1) is 31.5. The van der Waals surface area contributed by atoms with Gasteiger partial charge in [0.1, 0.15) is 24.1 Å². The fourth-order valence-corrected chi connectivity index (χ4v) is 5.96. The molecule has 3 aromatic carbocycles. The molecule has 12 heteroatoms. The van der Waals surface area contributed by atoms with Crippen LogP contribution in [-0.4, -0.2) is 43.8 Å². The Bertz CT molecular complexity index is 1800. The highest BCUT2D eigenvalue weighted by molar-refractivity contribution is 7.89. The molecular weight excluding hydrogens is 585 g/mol. The topological polar surface area (TPSA) is 107 Å². The van der Waals surface area contributed by atoms with E-state index in [0.29, 0.717) is 33.7 Å². The summed E-state index contributed by atoms with van der Waals surface area (Å²) in [6.45, 7) is 3.30. The molecule has 226 valence electrons. The van der Waals surface area contributed by atoms with Gasteiger partial charge >= 0.3 is 12.1 Å². The lowest BCUT2D eigenvalue weighted by Gasteiger charge is -2.17. The lowest BCUT2D eigenvalue weighted by atomic mass is 10.0. The molecule has 2 N–H and O–H groups in total. The smallest absolute Gasteiger partial charge is 0.416 e. The molecule has 0 bridgehead atoms. The summed E-state index contributed by atoms with van der Waals surface area (Å²) >= 11 is 0. The summed E-state index contributed by atoms with van der Waals surface area (Å²) in [6, 6.07) is 14.1. The third-order valence-corrected chi connectivity index (χ3v) is 8.43. The summed E-state index contributed by atoms with van der Waals surface area (Å²) in [6.07, 6.45) is -4.85. The van der Waals surface area contributed by atoms with E-state index in [1.54, 1.807) is 36.6 Å². The summed E-state index contributed by atoms with van der Waals surface area (Å²) in [4.78, 5) is 12.2. The lowest BCUT2D eigenvalue weighted by Crippen LogP contribution is -2.42. The summed E-state index contributed by atoms with van der Waals surface area (Å²) in [5, 5.41) is 10.6. The quantitative estimate of drug-likeness (QED) is 0.219. The van der Waals surface area contributed by atoms with Crippen molar-refractivity contribution >= 4 is 26.9 Å². The van der Waals surface area contributed by atoms with Crippen LogP contribution in [0.25, 0.3) is 10.9 Å². The number of aliphatic carboxylic acids is 1. The molecule has 1 heterocycles. The van der Waals surface area contributed by atoms with E-state index >= 15 is 0 Å². The molecule has 4 aromatic rings.